The van der Waals surface area contributed by atoms with Gasteiger partial charge in [-0.3, -0.25) is 9.78 Å². The van der Waals surface area contributed by atoms with E-state index in [0.29, 0.717) is 22.4 Å². The van der Waals surface area contributed by atoms with Gasteiger partial charge in [0.1, 0.15) is 11.5 Å². The lowest BCUT2D eigenvalue weighted by Gasteiger charge is -2.24. The van der Waals surface area contributed by atoms with Gasteiger partial charge >= 0.3 is 0 Å². The van der Waals surface area contributed by atoms with Gasteiger partial charge in [-0.1, -0.05) is 30.3 Å². The van der Waals surface area contributed by atoms with Crippen molar-refractivity contribution in [1.29, 1.82) is 0 Å². The number of benzene rings is 2. The first-order chi connectivity index (χ1) is 11.7. The van der Waals surface area contributed by atoms with Gasteiger partial charge in [0.15, 0.2) is 5.72 Å². The van der Waals surface area contributed by atoms with Crippen LogP contribution in [0.25, 0.3) is 0 Å². The minimum atomic E-state index is -1.58. The van der Waals surface area contributed by atoms with E-state index in [9.17, 15) is 9.90 Å². The van der Waals surface area contributed by atoms with Crippen LogP contribution in [0.5, 0.6) is 11.5 Å². The minimum absolute atomic E-state index is 0.320. The molecule has 1 aliphatic heterocycles. The Bertz CT molecular complexity index is 894. The number of rotatable bonds is 3. The number of carbonyl (C=O) groups excluding carboxylic acids is 1. The van der Waals surface area contributed by atoms with Gasteiger partial charge in [0.2, 0.25) is 0 Å². The Kier molecular flexibility index (Phi) is 3.29. The second-order valence-electron chi connectivity index (χ2n) is 5.53. The Morgan fingerprint density at radius 3 is 2.42 bits per heavy atom. The van der Waals surface area contributed by atoms with Gasteiger partial charge in [-0.2, -0.15) is 0 Å². The third-order valence-electron chi connectivity index (χ3n) is 4.00. The average Bonchev–Trinajstić information content (AvgIpc) is 2.89. The molecule has 1 aliphatic rings. The highest BCUT2D eigenvalue weighted by molar-refractivity contribution is 6.00. The molecule has 1 amide bonds. The molecular formula is C19H14N2O3. The first-order valence-corrected chi connectivity index (χ1v) is 7.50. The highest BCUT2D eigenvalue weighted by Crippen LogP contribution is 2.35. The predicted molar refractivity (Wildman–Crippen MR) is 87.7 cm³/mol. The molecule has 118 valence electrons. The largest absolute Gasteiger partial charge is 0.457 e. The number of fused-ring (bicyclic) bond motifs is 1. The molecule has 0 aliphatic carbocycles. The zero-order valence-electron chi connectivity index (χ0n) is 12.6. The summed E-state index contributed by atoms with van der Waals surface area (Å²) in [6, 6.07) is 18.0. The number of amides is 1. The molecule has 1 aromatic heterocycles. The Morgan fingerprint density at radius 2 is 1.67 bits per heavy atom. The summed E-state index contributed by atoms with van der Waals surface area (Å²) >= 11 is 0. The highest BCUT2D eigenvalue weighted by Gasteiger charge is 2.42. The molecule has 0 fully saturated rings. The normalized spacial score (nSPS) is 18.8. The van der Waals surface area contributed by atoms with E-state index in [1.807, 2.05) is 30.3 Å². The molecule has 0 bridgehead atoms. The molecule has 1 unspecified atom stereocenters. The number of nitrogens with zero attached hydrogens (tertiary/aromatic N) is 1. The van der Waals surface area contributed by atoms with Gasteiger partial charge in [-0.25, -0.2) is 0 Å². The average molecular weight is 318 g/mol. The lowest BCUT2D eigenvalue weighted by Crippen LogP contribution is -2.40. The van der Waals surface area contributed by atoms with Gasteiger partial charge < -0.3 is 15.2 Å². The van der Waals surface area contributed by atoms with Crippen LogP contribution in [-0.4, -0.2) is 16.0 Å². The highest BCUT2D eigenvalue weighted by atomic mass is 16.5. The summed E-state index contributed by atoms with van der Waals surface area (Å²) in [5.41, 5.74) is -0.154. The van der Waals surface area contributed by atoms with Crippen LogP contribution in [0, 0.1) is 0 Å². The van der Waals surface area contributed by atoms with Crippen molar-refractivity contribution in [3.63, 3.8) is 0 Å². The lowest BCUT2D eigenvalue weighted by atomic mass is 9.96. The summed E-state index contributed by atoms with van der Waals surface area (Å²) in [6.45, 7) is 0. The fraction of sp³-hybridized carbons (Fsp3) is 0.0526. The van der Waals surface area contributed by atoms with E-state index in [0.717, 1.165) is 5.75 Å². The molecule has 4 rings (SSSR count). The van der Waals surface area contributed by atoms with Gasteiger partial charge in [-0.05, 0) is 30.3 Å². The van der Waals surface area contributed by atoms with Crippen molar-refractivity contribution in [3.8, 4) is 11.5 Å². The van der Waals surface area contributed by atoms with Gasteiger partial charge in [0.05, 0.1) is 5.56 Å². The van der Waals surface area contributed by atoms with Gasteiger partial charge in [0, 0.05) is 23.5 Å². The van der Waals surface area contributed by atoms with E-state index < -0.39 is 5.72 Å². The number of nitrogens with one attached hydrogen (secondary N) is 1. The number of aliphatic hydroxyl groups is 1. The Hall–Kier alpha value is -3.18. The first-order valence-electron chi connectivity index (χ1n) is 7.50. The zero-order chi connectivity index (χ0) is 16.6. The monoisotopic (exact) mass is 318 g/mol. The fourth-order valence-electron chi connectivity index (χ4n) is 2.80. The fourth-order valence-corrected chi connectivity index (χ4v) is 2.80. The lowest BCUT2D eigenvalue weighted by molar-refractivity contribution is 0.0474. The van der Waals surface area contributed by atoms with Crippen LogP contribution in [0.1, 0.15) is 21.5 Å². The molecule has 2 heterocycles. The summed E-state index contributed by atoms with van der Waals surface area (Å²) < 4.78 is 5.74. The minimum Gasteiger partial charge on any atom is -0.457 e. The molecule has 2 N–H and O–H groups in total. The molecule has 2 aromatic carbocycles. The third-order valence-corrected chi connectivity index (χ3v) is 4.00. The molecule has 0 saturated carbocycles. The number of pyridine rings is 1. The van der Waals surface area contributed by atoms with Crippen LogP contribution in [0.4, 0.5) is 0 Å². The Balaban J connectivity index is 1.65. The molecule has 3 aromatic rings. The van der Waals surface area contributed by atoms with Gasteiger partial charge in [-0.15, -0.1) is 0 Å². The smallest absolute Gasteiger partial charge is 0.254 e. The number of aromatic nitrogens is 1. The van der Waals surface area contributed by atoms with E-state index >= 15 is 0 Å². The maximum absolute atomic E-state index is 12.0. The molecule has 24 heavy (non-hydrogen) atoms. The summed E-state index contributed by atoms with van der Waals surface area (Å²) in [7, 11) is 0. The third kappa shape index (κ3) is 2.31. The van der Waals surface area contributed by atoms with E-state index in [4.69, 9.17) is 4.74 Å². The van der Waals surface area contributed by atoms with E-state index in [2.05, 4.69) is 10.3 Å². The van der Waals surface area contributed by atoms with Crippen LogP contribution in [0.3, 0.4) is 0 Å². The van der Waals surface area contributed by atoms with Crippen molar-refractivity contribution in [2.45, 2.75) is 5.72 Å². The number of hydrogen-bond donors (Lipinski definition) is 2. The van der Waals surface area contributed by atoms with Crippen molar-refractivity contribution in [1.82, 2.24) is 10.3 Å². The maximum Gasteiger partial charge on any atom is 0.254 e. The van der Waals surface area contributed by atoms with Crippen molar-refractivity contribution in [2.24, 2.45) is 0 Å². The van der Waals surface area contributed by atoms with E-state index in [1.54, 1.807) is 30.3 Å². The van der Waals surface area contributed by atoms with Crippen LogP contribution in [0.2, 0.25) is 0 Å². The number of carbonyl (C=O) groups is 1. The van der Waals surface area contributed by atoms with Crippen LogP contribution in [-0.2, 0) is 5.72 Å². The van der Waals surface area contributed by atoms with Crippen molar-refractivity contribution in [3.05, 3.63) is 89.7 Å². The molecule has 0 spiro atoms. The number of hydrogen-bond acceptors (Lipinski definition) is 4. The first kappa shape index (κ1) is 14.4. The Morgan fingerprint density at radius 1 is 0.958 bits per heavy atom. The second-order valence-corrected chi connectivity index (χ2v) is 5.53. The molecule has 1 atom stereocenters. The van der Waals surface area contributed by atoms with Crippen LogP contribution < -0.4 is 10.1 Å². The second kappa shape index (κ2) is 5.47. The standard InChI is InChI=1S/C19H14N2O3/c22-18-16-10-11-20-12-17(16)19(23,21-18)13-6-8-15(9-7-13)24-14-4-2-1-3-5-14/h1-12,23H,(H,21,22). The topological polar surface area (TPSA) is 71.5 Å². The number of para-hydroxylation sites is 1. The van der Waals surface area contributed by atoms with E-state index in [1.165, 1.54) is 12.4 Å². The maximum atomic E-state index is 12.0. The van der Waals surface area contributed by atoms with Crippen molar-refractivity contribution in [2.75, 3.05) is 0 Å². The molecule has 5 heteroatoms. The summed E-state index contributed by atoms with van der Waals surface area (Å²) in [5.74, 6) is 1.05. The molecular weight excluding hydrogens is 304 g/mol. The zero-order valence-corrected chi connectivity index (χ0v) is 12.6. The van der Waals surface area contributed by atoms with Gasteiger partial charge in [0.25, 0.3) is 5.91 Å². The SMILES string of the molecule is O=C1NC(O)(c2ccc(Oc3ccccc3)cc2)c2cnccc21. The summed E-state index contributed by atoms with van der Waals surface area (Å²) in [5, 5.41) is 13.6. The summed E-state index contributed by atoms with van der Waals surface area (Å²) in [4.78, 5) is 16.0. The quantitative estimate of drug-likeness (QED) is 0.779. The molecule has 0 saturated heterocycles. The molecule has 0 radical (unpaired) electrons. The van der Waals surface area contributed by atoms with E-state index in [-0.39, 0.29) is 5.91 Å². The van der Waals surface area contributed by atoms with Crippen LogP contribution >= 0.6 is 0 Å². The van der Waals surface area contributed by atoms with Crippen LogP contribution in [0.15, 0.2) is 73.1 Å². The predicted octanol–water partition coefficient (Wildman–Crippen LogP) is 2.81. The van der Waals surface area contributed by atoms with Crippen molar-refractivity contribution < 1.29 is 14.6 Å². The summed E-state index contributed by atoms with van der Waals surface area (Å²) in [6.07, 6.45) is 3.03. The molecule has 5 nitrogen and oxygen atoms in total. The van der Waals surface area contributed by atoms with Crippen molar-refractivity contribution >= 4 is 5.91 Å². The Labute approximate surface area is 138 Å². The number of ether oxygens (including phenoxy) is 1.